The first-order valence-electron chi connectivity index (χ1n) is 9.76. The van der Waals surface area contributed by atoms with Crippen molar-refractivity contribution in [2.45, 2.75) is 43.5 Å². The maximum absolute atomic E-state index is 14.3. The predicted octanol–water partition coefficient (Wildman–Crippen LogP) is 2.88. The van der Waals surface area contributed by atoms with E-state index in [1.54, 1.807) is 18.2 Å². The highest BCUT2D eigenvalue weighted by molar-refractivity contribution is 7.89. The molecule has 12 heteroatoms. The fourth-order valence-electron chi connectivity index (χ4n) is 3.28. The molecular formula is C21H21F3N4O4S. The summed E-state index contributed by atoms with van der Waals surface area (Å²) in [7, 11) is -4.86. The molecule has 1 aliphatic heterocycles. The van der Waals surface area contributed by atoms with Crippen molar-refractivity contribution in [1.82, 2.24) is 9.62 Å². The van der Waals surface area contributed by atoms with E-state index < -0.39 is 44.6 Å². The van der Waals surface area contributed by atoms with E-state index in [4.69, 9.17) is 0 Å². The third-order valence-electron chi connectivity index (χ3n) is 4.76. The van der Waals surface area contributed by atoms with Crippen molar-refractivity contribution in [2.24, 2.45) is 4.99 Å². The van der Waals surface area contributed by atoms with Gasteiger partial charge in [0.15, 0.2) is 0 Å². The Bertz CT molecular complexity index is 1200. The second-order valence-electron chi connectivity index (χ2n) is 7.59. The van der Waals surface area contributed by atoms with Crippen LogP contribution >= 0.6 is 0 Å². The Balaban J connectivity index is 2.10. The van der Waals surface area contributed by atoms with Crippen molar-refractivity contribution in [2.75, 3.05) is 5.32 Å². The topological polar surface area (TPSA) is 108 Å². The Hall–Kier alpha value is -3.25. The molecule has 0 aromatic heterocycles. The minimum atomic E-state index is -5.38. The Kier molecular flexibility index (Phi) is 6.35. The standard InChI is InChI=1S/C21H21F3N4O4S/c1-13(2)28-18(15-7-5-4-6-8-15)26-20(19(28)30,21(22,23)24)27-33(31,32)17-11-9-16(10-12-17)25-14(3)29/h4-13,27H,1-3H3,(H,25,29)/t20-/m0/s1. The number of anilines is 1. The van der Waals surface area contributed by atoms with Gasteiger partial charge in [-0.3, -0.25) is 14.5 Å². The van der Waals surface area contributed by atoms with Gasteiger partial charge in [0.05, 0.1) is 4.90 Å². The Morgan fingerprint density at radius 3 is 2.12 bits per heavy atom. The number of alkyl halides is 3. The summed E-state index contributed by atoms with van der Waals surface area (Å²) in [6.07, 6.45) is -5.38. The summed E-state index contributed by atoms with van der Waals surface area (Å²) in [5.41, 5.74) is -3.26. The predicted molar refractivity (Wildman–Crippen MR) is 115 cm³/mol. The number of rotatable bonds is 6. The maximum atomic E-state index is 14.3. The van der Waals surface area contributed by atoms with Gasteiger partial charge in [0.25, 0.3) is 5.91 Å². The minimum Gasteiger partial charge on any atom is -0.326 e. The lowest BCUT2D eigenvalue weighted by molar-refractivity contribution is -0.194. The zero-order valence-electron chi connectivity index (χ0n) is 17.8. The molecule has 33 heavy (non-hydrogen) atoms. The summed E-state index contributed by atoms with van der Waals surface area (Å²) in [6, 6.07) is 11.4. The highest BCUT2D eigenvalue weighted by atomic mass is 32.2. The number of amides is 2. The second-order valence-corrected chi connectivity index (χ2v) is 9.27. The van der Waals surface area contributed by atoms with Gasteiger partial charge in [-0.05, 0) is 38.1 Å². The van der Waals surface area contributed by atoms with Gasteiger partial charge < -0.3 is 5.32 Å². The smallest absolute Gasteiger partial charge is 0.326 e. The van der Waals surface area contributed by atoms with Crippen molar-refractivity contribution < 1.29 is 31.2 Å². The molecule has 0 fully saturated rings. The molecule has 8 nitrogen and oxygen atoms in total. The first kappa shape index (κ1) is 24.4. The van der Waals surface area contributed by atoms with Crippen molar-refractivity contribution in [3.63, 3.8) is 0 Å². The maximum Gasteiger partial charge on any atom is 0.437 e. The van der Waals surface area contributed by atoms with Gasteiger partial charge in [-0.15, -0.1) is 0 Å². The van der Waals surface area contributed by atoms with Crippen molar-refractivity contribution in [1.29, 1.82) is 0 Å². The van der Waals surface area contributed by atoms with Crippen molar-refractivity contribution >= 4 is 33.4 Å². The zero-order chi connectivity index (χ0) is 24.6. The van der Waals surface area contributed by atoms with Gasteiger partial charge in [-0.2, -0.15) is 17.9 Å². The molecule has 0 unspecified atom stereocenters. The summed E-state index contributed by atoms with van der Waals surface area (Å²) in [4.78, 5) is 28.1. The quantitative estimate of drug-likeness (QED) is 0.660. The SMILES string of the molecule is CC(=O)Nc1ccc(S(=O)(=O)N[C@@]2(C(F)(F)F)N=C(c3ccccc3)N(C(C)C)C2=O)cc1. The van der Waals surface area contributed by atoms with Gasteiger partial charge in [-0.1, -0.05) is 30.3 Å². The Morgan fingerprint density at radius 1 is 1.06 bits per heavy atom. The van der Waals surface area contributed by atoms with E-state index >= 15 is 0 Å². The molecule has 0 spiro atoms. The Labute approximate surface area is 188 Å². The van der Waals surface area contributed by atoms with Gasteiger partial charge in [0, 0.05) is 24.2 Å². The highest BCUT2D eigenvalue weighted by Crippen LogP contribution is 2.40. The third-order valence-corrected chi connectivity index (χ3v) is 6.21. The highest BCUT2D eigenvalue weighted by Gasteiger charge is 2.68. The van der Waals surface area contributed by atoms with Crippen LogP contribution in [0, 0.1) is 0 Å². The average molecular weight is 482 g/mol. The number of aliphatic imine (C=N–C) groups is 1. The molecule has 1 heterocycles. The number of hydrogen-bond donors (Lipinski definition) is 2. The van der Waals surface area contributed by atoms with Crippen LogP contribution in [0.4, 0.5) is 18.9 Å². The molecule has 3 rings (SSSR count). The van der Waals surface area contributed by atoms with Crippen LogP contribution in [0.25, 0.3) is 0 Å². The lowest BCUT2D eigenvalue weighted by Gasteiger charge is -2.30. The molecule has 176 valence electrons. The van der Waals surface area contributed by atoms with Crippen LogP contribution in [0.3, 0.4) is 0 Å². The monoisotopic (exact) mass is 482 g/mol. The summed E-state index contributed by atoms with van der Waals surface area (Å²) < 4.78 is 70.3. The summed E-state index contributed by atoms with van der Waals surface area (Å²) >= 11 is 0. The van der Waals surface area contributed by atoms with E-state index in [1.807, 2.05) is 0 Å². The van der Waals surface area contributed by atoms with Crippen LogP contribution in [0.15, 0.2) is 64.5 Å². The van der Waals surface area contributed by atoms with E-state index in [0.717, 1.165) is 17.0 Å². The van der Waals surface area contributed by atoms with Crippen LogP contribution in [0.2, 0.25) is 0 Å². The number of sulfonamides is 1. The average Bonchev–Trinajstić information content (AvgIpc) is 3.01. The lowest BCUT2D eigenvalue weighted by Crippen LogP contribution is -2.63. The van der Waals surface area contributed by atoms with E-state index in [2.05, 4.69) is 10.3 Å². The summed E-state index contributed by atoms with van der Waals surface area (Å²) in [6.45, 7) is 4.24. The number of carbonyl (C=O) groups excluding carboxylic acids is 2. The number of hydrogen-bond acceptors (Lipinski definition) is 5. The number of nitrogens with one attached hydrogen (secondary N) is 2. The summed E-state index contributed by atoms with van der Waals surface area (Å²) in [5.74, 6) is -2.26. The molecule has 2 N–H and O–H groups in total. The van der Waals surface area contributed by atoms with Crippen LogP contribution in [-0.2, 0) is 19.6 Å². The first-order chi connectivity index (χ1) is 15.3. The molecule has 0 aliphatic carbocycles. The van der Waals surface area contributed by atoms with Gasteiger partial charge in [0.2, 0.25) is 15.9 Å². The number of benzene rings is 2. The van der Waals surface area contributed by atoms with Gasteiger partial charge >= 0.3 is 11.8 Å². The number of nitrogens with zero attached hydrogens (tertiary/aromatic N) is 2. The molecule has 0 saturated carbocycles. The normalized spacial score (nSPS) is 19.1. The lowest BCUT2D eigenvalue weighted by atomic mass is 10.1. The second kappa shape index (κ2) is 8.60. The van der Waals surface area contributed by atoms with Gasteiger partial charge in [-0.25, -0.2) is 13.4 Å². The number of amidine groups is 1. The molecule has 0 radical (unpaired) electrons. The van der Waals surface area contributed by atoms with Crippen LogP contribution < -0.4 is 10.0 Å². The van der Waals surface area contributed by atoms with Gasteiger partial charge in [0.1, 0.15) is 5.84 Å². The van der Waals surface area contributed by atoms with Crippen LogP contribution in [0.5, 0.6) is 0 Å². The molecule has 2 aromatic rings. The van der Waals surface area contributed by atoms with Crippen LogP contribution in [-0.4, -0.2) is 48.8 Å². The van der Waals surface area contributed by atoms with E-state index in [9.17, 15) is 31.2 Å². The molecule has 0 saturated heterocycles. The number of carbonyl (C=O) groups is 2. The Morgan fingerprint density at radius 2 is 1.64 bits per heavy atom. The molecule has 1 aliphatic rings. The first-order valence-corrected chi connectivity index (χ1v) is 11.2. The van der Waals surface area contributed by atoms with E-state index in [1.165, 1.54) is 49.8 Å². The zero-order valence-corrected chi connectivity index (χ0v) is 18.7. The van der Waals surface area contributed by atoms with Crippen molar-refractivity contribution in [3.8, 4) is 0 Å². The largest absolute Gasteiger partial charge is 0.437 e. The van der Waals surface area contributed by atoms with Crippen LogP contribution in [0.1, 0.15) is 26.3 Å². The molecule has 2 aromatic carbocycles. The van der Waals surface area contributed by atoms with E-state index in [-0.39, 0.29) is 17.1 Å². The molecular weight excluding hydrogens is 461 g/mol. The molecule has 2 amide bonds. The third kappa shape index (κ3) is 4.62. The summed E-state index contributed by atoms with van der Waals surface area (Å²) in [5, 5.41) is 2.42. The fourth-order valence-corrected chi connectivity index (χ4v) is 4.53. The van der Waals surface area contributed by atoms with E-state index in [0.29, 0.717) is 0 Å². The van der Waals surface area contributed by atoms with Crippen molar-refractivity contribution in [3.05, 3.63) is 60.2 Å². The molecule has 1 atom stereocenters. The molecule has 0 bridgehead atoms. The fraction of sp³-hybridized carbons (Fsp3) is 0.286. The minimum absolute atomic E-state index is 0.226. The number of halogens is 3.